The Morgan fingerprint density at radius 3 is 2.08 bits per heavy atom. The minimum absolute atomic E-state index is 0.105. The van der Waals surface area contributed by atoms with Crippen molar-refractivity contribution >= 4 is 13.8 Å². The summed E-state index contributed by atoms with van der Waals surface area (Å²) in [6.45, 7) is 2.11. The number of aliphatic carboxylic acids is 1. The van der Waals surface area contributed by atoms with Crippen molar-refractivity contribution in [1.29, 1.82) is 0 Å². The van der Waals surface area contributed by atoms with Crippen molar-refractivity contribution in [3.8, 4) is 0 Å². The summed E-state index contributed by atoms with van der Waals surface area (Å²) in [6.07, 6.45) is 18.8. The third-order valence-corrected chi connectivity index (χ3v) is 3.94. The van der Waals surface area contributed by atoms with E-state index >= 15 is 0 Å². The molecule has 1 atom stereocenters. The fourth-order valence-corrected chi connectivity index (χ4v) is 2.69. The molecule has 0 fully saturated rings. The lowest BCUT2D eigenvalue weighted by atomic mass is 10.1. The molecule has 0 aliphatic rings. The second-order valence-electron chi connectivity index (χ2n) is 5.71. The molecule has 0 aliphatic heterocycles. The Balaban J connectivity index is 3.65. The average Bonchev–Trinajstić information content (AvgIpc) is 2.52. The molecule has 6 nitrogen and oxygen atoms in total. The van der Waals surface area contributed by atoms with Gasteiger partial charge in [-0.1, -0.05) is 62.6 Å². The predicted molar refractivity (Wildman–Crippen MR) is 99.2 cm³/mol. The number of phosphoric ester groups is 1. The molecule has 0 aromatic rings. The summed E-state index contributed by atoms with van der Waals surface area (Å²) >= 11 is 0. The summed E-state index contributed by atoms with van der Waals surface area (Å²) in [4.78, 5) is 28.2. The zero-order valence-electron chi connectivity index (χ0n) is 14.9. The number of allylic oxidation sites excluding steroid dienone is 6. The molecule has 0 aromatic heterocycles. The first kappa shape index (κ1) is 23.8. The van der Waals surface area contributed by atoms with Crippen molar-refractivity contribution < 1.29 is 28.8 Å². The first-order valence-electron chi connectivity index (χ1n) is 8.78. The zero-order valence-corrected chi connectivity index (χ0v) is 15.8. The van der Waals surface area contributed by atoms with E-state index in [1.807, 2.05) is 0 Å². The second-order valence-corrected chi connectivity index (χ2v) is 6.90. The van der Waals surface area contributed by atoms with Crippen LogP contribution in [0.4, 0.5) is 0 Å². The molecular weight excluding hydrogens is 343 g/mol. The summed E-state index contributed by atoms with van der Waals surface area (Å²) < 4.78 is 14.9. The molecule has 1 unspecified atom stereocenters. The van der Waals surface area contributed by atoms with E-state index in [9.17, 15) is 9.36 Å². The number of carboxylic acid groups (broad SMARTS) is 1. The lowest BCUT2D eigenvalue weighted by molar-refractivity contribution is -0.146. The topological polar surface area (TPSA) is 104 Å². The Labute approximate surface area is 150 Å². The van der Waals surface area contributed by atoms with E-state index < -0.39 is 19.9 Å². The van der Waals surface area contributed by atoms with Crippen LogP contribution in [0.2, 0.25) is 0 Å². The molecule has 0 bridgehead atoms. The fourth-order valence-electron chi connectivity index (χ4n) is 2.16. The molecule has 0 spiro atoms. The van der Waals surface area contributed by atoms with E-state index in [0.29, 0.717) is 6.42 Å². The highest BCUT2D eigenvalue weighted by Gasteiger charge is 2.27. The Morgan fingerprint density at radius 1 is 0.960 bits per heavy atom. The molecule has 25 heavy (non-hydrogen) atoms. The van der Waals surface area contributed by atoms with Gasteiger partial charge in [-0.2, -0.15) is 0 Å². The van der Waals surface area contributed by atoms with E-state index in [2.05, 4.69) is 47.9 Å². The van der Waals surface area contributed by atoms with Crippen LogP contribution >= 0.6 is 7.82 Å². The number of carboxylic acids is 1. The second kappa shape index (κ2) is 15.1. The fraction of sp³-hybridized carbons (Fsp3) is 0.611. The third-order valence-electron chi connectivity index (χ3n) is 3.41. The quantitative estimate of drug-likeness (QED) is 0.217. The molecule has 0 aromatic carbocycles. The normalized spacial score (nSPS) is 14.0. The van der Waals surface area contributed by atoms with Crippen LogP contribution in [0.25, 0.3) is 0 Å². The van der Waals surface area contributed by atoms with Crippen LogP contribution in [-0.4, -0.2) is 27.0 Å². The van der Waals surface area contributed by atoms with Gasteiger partial charge in [0.2, 0.25) is 0 Å². The minimum atomic E-state index is -4.76. The smallest absolute Gasteiger partial charge is 0.470 e. The summed E-state index contributed by atoms with van der Waals surface area (Å²) in [5.41, 5.74) is 0. The largest absolute Gasteiger partial charge is 0.479 e. The summed E-state index contributed by atoms with van der Waals surface area (Å²) in [5, 5.41) is 8.85. The molecular formula is C18H31O6P. The van der Waals surface area contributed by atoms with Crippen LogP contribution in [0, 0.1) is 0 Å². The zero-order chi connectivity index (χ0) is 19.0. The van der Waals surface area contributed by atoms with Crippen molar-refractivity contribution in [2.75, 3.05) is 0 Å². The van der Waals surface area contributed by atoms with Gasteiger partial charge in [-0.3, -0.25) is 4.52 Å². The molecule has 0 radical (unpaired) electrons. The van der Waals surface area contributed by atoms with Crippen LogP contribution in [-0.2, 0) is 13.9 Å². The van der Waals surface area contributed by atoms with Crippen molar-refractivity contribution in [3.63, 3.8) is 0 Å². The van der Waals surface area contributed by atoms with Gasteiger partial charge in [-0.15, -0.1) is 0 Å². The summed E-state index contributed by atoms with van der Waals surface area (Å²) in [6, 6.07) is 0. The van der Waals surface area contributed by atoms with Crippen LogP contribution in [0.1, 0.15) is 64.7 Å². The molecule has 3 N–H and O–H groups in total. The standard InChI is InChI=1S/C18H31O6P/c1-2-3-4-5-6-7-8-9-10-11-12-13-14-15-16-17(18(19)20)24-25(21,22)23/h3-4,6-7,9-10,17H,2,5,8,11-16H2,1H3,(H,19,20)(H2,21,22,23)/b4-3-,7-6-,10-9-. The van der Waals surface area contributed by atoms with E-state index in [0.717, 1.165) is 44.9 Å². The van der Waals surface area contributed by atoms with Crippen molar-refractivity contribution in [2.24, 2.45) is 0 Å². The van der Waals surface area contributed by atoms with Gasteiger partial charge >= 0.3 is 13.8 Å². The monoisotopic (exact) mass is 374 g/mol. The van der Waals surface area contributed by atoms with Crippen molar-refractivity contribution in [2.45, 2.75) is 70.8 Å². The lowest BCUT2D eigenvalue weighted by Crippen LogP contribution is -2.22. The Morgan fingerprint density at radius 2 is 1.52 bits per heavy atom. The third kappa shape index (κ3) is 17.4. The van der Waals surface area contributed by atoms with Gasteiger partial charge in [-0.05, 0) is 38.5 Å². The molecule has 144 valence electrons. The van der Waals surface area contributed by atoms with Gasteiger partial charge < -0.3 is 14.9 Å². The number of rotatable bonds is 15. The average molecular weight is 374 g/mol. The maximum Gasteiger partial charge on any atom is 0.470 e. The van der Waals surface area contributed by atoms with Crippen LogP contribution in [0.5, 0.6) is 0 Å². The first-order valence-corrected chi connectivity index (χ1v) is 10.3. The van der Waals surface area contributed by atoms with E-state index in [1.54, 1.807) is 0 Å². The van der Waals surface area contributed by atoms with Gasteiger partial charge in [0.15, 0.2) is 6.10 Å². The van der Waals surface area contributed by atoms with Crippen LogP contribution in [0.15, 0.2) is 36.5 Å². The number of carbonyl (C=O) groups is 1. The number of phosphoric acid groups is 1. The Bertz CT molecular complexity index is 478. The van der Waals surface area contributed by atoms with Gasteiger partial charge in [0.1, 0.15) is 0 Å². The molecule has 0 amide bonds. The van der Waals surface area contributed by atoms with Gasteiger partial charge in [0.05, 0.1) is 0 Å². The number of unbranched alkanes of at least 4 members (excludes halogenated alkanes) is 4. The lowest BCUT2D eigenvalue weighted by Gasteiger charge is -2.13. The van der Waals surface area contributed by atoms with E-state index in [-0.39, 0.29) is 6.42 Å². The van der Waals surface area contributed by atoms with Crippen molar-refractivity contribution in [3.05, 3.63) is 36.5 Å². The Hall–Kier alpha value is -1.20. The maximum atomic E-state index is 10.9. The number of hydrogen-bond acceptors (Lipinski definition) is 3. The Kier molecular flexibility index (Phi) is 14.4. The van der Waals surface area contributed by atoms with Crippen molar-refractivity contribution in [1.82, 2.24) is 0 Å². The summed E-state index contributed by atoms with van der Waals surface area (Å²) in [5.74, 6) is -1.34. The highest BCUT2D eigenvalue weighted by Crippen LogP contribution is 2.38. The summed E-state index contributed by atoms with van der Waals surface area (Å²) in [7, 11) is -4.76. The first-order chi connectivity index (χ1) is 11.9. The van der Waals surface area contributed by atoms with Gasteiger partial charge in [0, 0.05) is 0 Å². The molecule has 0 rings (SSSR count). The highest BCUT2D eigenvalue weighted by molar-refractivity contribution is 7.46. The molecule has 0 aliphatic carbocycles. The van der Waals surface area contributed by atoms with Gasteiger partial charge in [0.25, 0.3) is 0 Å². The highest BCUT2D eigenvalue weighted by atomic mass is 31.2. The van der Waals surface area contributed by atoms with E-state index in [1.165, 1.54) is 0 Å². The molecule has 0 saturated carbocycles. The van der Waals surface area contributed by atoms with Gasteiger partial charge in [-0.25, -0.2) is 9.36 Å². The van der Waals surface area contributed by atoms with Crippen LogP contribution < -0.4 is 0 Å². The molecule has 0 saturated heterocycles. The predicted octanol–water partition coefficient (Wildman–Crippen LogP) is 4.75. The minimum Gasteiger partial charge on any atom is -0.479 e. The maximum absolute atomic E-state index is 10.9. The molecule has 0 heterocycles. The van der Waals surface area contributed by atoms with Crippen LogP contribution in [0.3, 0.4) is 0 Å². The van der Waals surface area contributed by atoms with E-state index in [4.69, 9.17) is 14.9 Å². The number of hydrogen-bond donors (Lipinski definition) is 3. The molecule has 7 heteroatoms. The SMILES string of the molecule is CC/C=C\C/C=C\C/C=C\CCCCCCC(OP(=O)(O)O)C(=O)O.